The van der Waals surface area contributed by atoms with Crippen LogP contribution in [0.3, 0.4) is 0 Å². The van der Waals surface area contributed by atoms with Crippen molar-refractivity contribution in [3.05, 3.63) is 35.4 Å². The van der Waals surface area contributed by atoms with E-state index in [4.69, 9.17) is 0 Å². The molecule has 0 bridgehead atoms. The first-order valence-corrected chi connectivity index (χ1v) is 6.08. The summed E-state index contributed by atoms with van der Waals surface area (Å²) in [7, 11) is 0. The van der Waals surface area contributed by atoms with Gasteiger partial charge in [-0.25, -0.2) is 0 Å². The van der Waals surface area contributed by atoms with Crippen LogP contribution in [0, 0.1) is 0 Å². The number of benzene rings is 1. The van der Waals surface area contributed by atoms with Gasteiger partial charge in [0.25, 0.3) is 0 Å². The highest BCUT2D eigenvalue weighted by molar-refractivity contribution is 7.80. The Balaban J connectivity index is 2.57. The van der Waals surface area contributed by atoms with Crippen molar-refractivity contribution in [2.75, 3.05) is 12.3 Å². The van der Waals surface area contributed by atoms with Crippen LogP contribution < -0.4 is 5.32 Å². The molecule has 0 heterocycles. The van der Waals surface area contributed by atoms with E-state index in [0.29, 0.717) is 0 Å². The van der Waals surface area contributed by atoms with Crippen LogP contribution in [0.25, 0.3) is 0 Å². The summed E-state index contributed by atoms with van der Waals surface area (Å²) in [5.74, 6) is 0.889. The highest BCUT2D eigenvalue weighted by Crippen LogP contribution is 2.21. The minimum absolute atomic E-state index is 0.247. The summed E-state index contributed by atoms with van der Waals surface area (Å²) in [6, 6.07) is 8.84. The molecule has 1 aromatic rings. The smallest absolute Gasteiger partial charge is 0.0205 e. The number of rotatable bonds is 4. The highest BCUT2D eigenvalue weighted by Gasteiger charge is 2.12. The van der Waals surface area contributed by atoms with Crippen LogP contribution in [0.4, 0.5) is 0 Å². The molecule has 0 aliphatic rings. The van der Waals surface area contributed by atoms with Gasteiger partial charge in [-0.2, -0.15) is 12.6 Å². The van der Waals surface area contributed by atoms with Gasteiger partial charge in [-0.05, 0) is 16.5 Å². The third-order valence-corrected chi connectivity index (χ3v) is 2.66. The molecule has 0 aliphatic carbocycles. The molecule has 0 saturated heterocycles. The number of hydrogen-bond donors (Lipinski definition) is 2. The maximum Gasteiger partial charge on any atom is 0.0205 e. The molecule has 0 aliphatic heterocycles. The molecule has 0 saturated carbocycles. The van der Waals surface area contributed by atoms with Crippen LogP contribution >= 0.6 is 12.6 Å². The van der Waals surface area contributed by atoms with E-state index in [9.17, 15) is 0 Å². The molecule has 0 radical (unpaired) electrons. The van der Waals surface area contributed by atoms with Gasteiger partial charge >= 0.3 is 0 Å². The maximum atomic E-state index is 4.16. The summed E-state index contributed by atoms with van der Waals surface area (Å²) < 4.78 is 0. The first-order chi connectivity index (χ1) is 7.04. The lowest BCUT2D eigenvalue weighted by molar-refractivity contribution is 0.589. The Hall–Kier alpha value is -0.470. The van der Waals surface area contributed by atoms with Gasteiger partial charge in [0.15, 0.2) is 0 Å². The average molecular weight is 223 g/mol. The van der Waals surface area contributed by atoms with Crippen molar-refractivity contribution in [3.8, 4) is 0 Å². The summed E-state index contributed by atoms with van der Waals surface area (Å²) in [4.78, 5) is 0. The van der Waals surface area contributed by atoms with Crippen molar-refractivity contribution in [1.29, 1.82) is 0 Å². The molecular formula is C13H21NS. The largest absolute Gasteiger partial charge is 0.312 e. The van der Waals surface area contributed by atoms with E-state index < -0.39 is 0 Å². The first kappa shape index (κ1) is 12.6. The number of thiol groups is 1. The first-order valence-electron chi connectivity index (χ1n) is 5.45. The summed E-state index contributed by atoms with van der Waals surface area (Å²) in [6.07, 6.45) is 0. The fourth-order valence-electron chi connectivity index (χ4n) is 1.43. The normalized spacial score (nSPS) is 11.7. The van der Waals surface area contributed by atoms with E-state index in [1.165, 1.54) is 11.1 Å². The molecule has 1 nitrogen and oxygen atoms in total. The molecule has 0 amide bonds. The Bertz CT molecular complexity index is 284. The molecule has 1 rings (SSSR count). The minimum atomic E-state index is 0.247. The molecule has 2 heteroatoms. The van der Waals surface area contributed by atoms with Crippen molar-refractivity contribution < 1.29 is 0 Å². The van der Waals surface area contributed by atoms with Gasteiger partial charge in [-0.1, -0.05) is 45.0 Å². The summed E-state index contributed by atoms with van der Waals surface area (Å²) in [5.41, 5.74) is 2.97. The Kier molecular flexibility index (Phi) is 4.68. The van der Waals surface area contributed by atoms with E-state index in [1.54, 1.807) is 0 Å². The zero-order valence-electron chi connectivity index (χ0n) is 9.88. The molecular weight excluding hydrogens is 202 g/mol. The Morgan fingerprint density at radius 1 is 1.13 bits per heavy atom. The standard InChI is InChI=1S/C13H21NS/c1-13(2,3)12-6-4-11(5-7-12)10-14-8-9-15/h4-7,14-15H,8-10H2,1-3H3. The zero-order valence-corrected chi connectivity index (χ0v) is 10.8. The minimum Gasteiger partial charge on any atom is -0.312 e. The second kappa shape index (κ2) is 5.57. The number of hydrogen-bond acceptors (Lipinski definition) is 2. The van der Waals surface area contributed by atoms with Crippen molar-refractivity contribution in [2.24, 2.45) is 0 Å². The predicted molar refractivity (Wildman–Crippen MR) is 70.7 cm³/mol. The zero-order chi connectivity index (χ0) is 11.3. The lowest BCUT2D eigenvalue weighted by Gasteiger charge is -2.19. The molecule has 0 atom stereocenters. The monoisotopic (exact) mass is 223 g/mol. The summed E-state index contributed by atoms with van der Waals surface area (Å²) >= 11 is 4.16. The Labute approximate surface area is 98.7 Å². The quantitative estimate of drug-likeness (QED) is 0.591. The third kappa shape index (κ3) is 4.27. The van der Waals surface area contributed by atoms with Crippen molar-refractivity contribution in [1.82, 2.24) is 5.32 Å². The van der Waals surface area contributed by atoms with Gasteiger partial charge in [0.2, 0.25) is 0 Å². The molecule has 1 N–H and O–H groups in total. The van der Waals surface area contributed by atoms with Crippen LogP contribution in [0.2, 0.25) is 0 Å². The van der Waals surface area contributed by atoms with Crippen LogP contribution in [0.15, 0.2) is 24.3 Å². The van der Waals surface area contributed by atoms with Crippen LogP contribution in [-0.2, 0) is 12.0 Å². The SMILES string of the molecule is CC(C)(C)c1ccc(CNCCS)cc1. The molecule has 15 heavy (non-hydrogen) atoms. The Morgan fingerprint density at radius 2 is 1.73 bits per heavy atom. The summed E-state index contributed by atoms with van der Waals surface area (Å²) in [6.45, 7) is 8.61. The van der Waals surface area contributed by atoms with E-state index in [0.717, 1.165) is 18.8 Å². The van der Waals surface area contributed by atoms with Crippen molar-refractivity contribution in [2.45, 2.75) is 32.7 Å². The van der Waals surface area contributed by atoms with Crippen LogP contribution in [-0.4, -0.2) is 12.3 Å². The van der Waals surface area contributed by atoms with Gasteiger partial charge in [-0.3, -0.25) is 0 Å². The molecule has 0 spiro atoms. The fourth-order valence-corrected chi connectivity index (χ4v) is 1.59. The maximum absolute atomic E-state index is 4.16. The lowest BCUT2D eigenvalue weighted by atomic mass is 9.87. The average Bonchev–Trinajstić information content (AvgIpc) is 2.18. The highest BCUT2D eigenvalue weighted by atomic mass is 32.1. The Morgan fingerprint density at radius 3 is 2.20 bits per heavy atom. The van der Waals surface area contributed by atoms with Gasteiger partial charge in [0.05, 0.1) is 0 Å². The molecule has 1 aromatic carbocycles. The number of nitrogens with one attached hydrogen (secondary N) is 1. The second-order valence-electron chi connectivity index (χ2n) is 4.85. The predicted octanol–water partition coefficient (Wildman–Crippen LogP) is 3.00. The van der Waals surface area contributed by atoms with Gasteiger partial charge < -0.3 is 5.32 Å². The van der Waals surface area contributed by atoms with E-state index in [-0.39, 0.29) is 5.41 Å². The van der Waals surface area contributed by atoms with Crippen molar-refractivity contribution >= 4 is 12.6 Å². The van der Waals surface area contributed by atoms with E-state index >= 15 is 0 Å². The molecule has 0 aromatic heterocycles. The summed E-state index contributed by atoms with van der Waals surface area (Å²) in [5, 5.41) is 3.33. The topological polar surface area (TPSA) is 12.0 Å². The fraction of sp³-hybridized carbons (Fsp3) is 0.538. The van der Waals surface area contributed by atoms with E-state index in [1.807, 2.05) is 0 Å². The van der Waals surface area contributed by atoms with Gasteiger partial charge in [0.1, 0.15) is 0 Å². The van der Waals surface area contributed by atoms with Crippen LogP contribution in [0.5, 0.6) is 0 Å². The molecule has 0 unspecified atom stereocenters. The third-order valence-electron chi connectivity index (χ3n) is 2.44. The molecule has 84 valence electrons. The van der Waals surface area contributed by atoms with Gasteiger partial charge in [-0.15, -0.1) is 0 Å². The molecule has 0 fully saturated rings. The van der Waals surface area contributed by atoms with E-state index in [2.05, 4.69) is 63.0 Å². The van der Waals surface area contributed by atoms with Crippen molar-refractivity contribution in [3.63, 3.8) is 0 Å². The second-order valence-corrected chi connectivity index (χ2v) is 5.29. The van der Waals surface area contributed by atoms with Gasteiger partial charge in [0, 0.05) is 18.8 Å². The van der Waals surface area contributed by atoms with Crippen LogP contribution in [0.1, 0.15) is 31.9 Å². The lowest BCUT2D eigenvalue weighted by Crippen LogP contribution is -2.16.